The first-order valence-electron chi connectivity index (χ1n) is 15.0. The van der Waals surface area contributed by atoms with Crippen LogP contribution < -0.4 is 16.0 Å². The fourth-order valence-corrected chi connectivity index (χ4v) is 6.63. The molecule has 1 N–H and O–H groups in total. The number of nitrogens with zero attached hydrogens (tertiary/aromatic N) is 3. The zero-order chi connectivity index (χ0) is 30.7. The van der Waals surface area contributed by atoms with E-state index < -0.39 is 35.1 Å². The van der Waals surface area contributed by atoms with Gasteiger partial charge < -0.3 is 14.2 Å². The van der Waals surface area contributed by atoms with Crippen LogP contribution >= 0.6 is 0 Å². The second-order valence-corrected chi connectivity index (χ2v) is 11.4. The van der Waals surface area contributed by atoms with Crippen molar-refractivity contribution >= 4 is 0 Å². The maximum absolute atomic E-state index is 13.1. The highest BCUT2D eigenvalue weighted by molar-refractivity contribution is 5.48. The molecule has 2 aliphatic heterocycles. The van der Waals surface area contributed by atoms with Crippen LogP contribution in [0.25, 0.3) is 0 Å². The number of H-pyrrole nitrogens is 1. The van der Waals surface area contributed by atoms with E-state index in [1.165, 1.54) is 10.8 Å². The van der Waals surface area contributed by atoms with E-state index in [-0.39, 0.29) is 12.6 Å². The number of nitriles is 1. The maximum atomic E-state index is 13.1. The summed E-state index contributed by atoms with van der Waals surface area (Å²) in [6.07, 6.45) is 2.12. The van der Waals surface area contributed by atoms with Gasteiger partial charge in [0.05, 0.1) is 31.7 Å². The summed E-state index contributed by atoms with van der Waals surface area (Å²) in [7, 11) is 1.63. The fourth-order valence-electron chi connectivity index (χ4n) is 6.63. The first-order valence-corrected chi connectivity index (χ1v) is 15.0. The van der Waals surface area contributed by atoms with Gasteiger partial charge >= 0.3 is 5.69 Å². The molecule has 4 aromatic rings. The SMILES string of the molecule is COc1ccc(C(OC[C@H]2O[C@@H](n3cc(C)c(=O)[nH]c3=O)[C@H](N3CCCC3)[C@H]2C#N)(c2ccccc2)c2ccccc2)cc1. The molecule has 3 aromatic carbocycles. The van der Waals surface area contributed by atoms with Gasteiger partial charge in [-0.15, -0.1) is 0 Å². The van der Waals surface area contributed by atoms with E-state index in [0.717, 1.165) is 48.4 Å². The van der Waals surface area contributed by atoms with Gasteiger partial charge in [-0.2, -0.15) is 5.26 Å². The van der Waals surface area contributed by atoms with Gasteiger partial charge in [0.25, 0.3) is 5.56 Å². The van der Waals surface area contributed by atoms with Crippen LogP contribution in [-0.2, 0) is 15.1 Å². The molecule has 0 aliphatic carbocycles. The van der Waals surface area contributed by atoms with E-state index in [2.05, 4.69) is 16.0 Å². The molecule has 4 atom stereocenters. The summed E-state index contributed by atoms with van der Waals surface area (Å²) in [5.74, 6) is 0.141. The number of benzene rings is 3. The molecular formula is C35H36N4O5. The van der Waals surface area contributed by atoms with Crippen molar-refractivity contribution in [1.82, 2.24) is 14.5 Å². The number of hydrogen-bond acceptors (Lipinski definition) is 7. The molecule has 0 bridgehead atoms. The van der Waals surface area contributed by atoms with Crippen molar-refractivity contribution < 1.29 is 14.2 Å². The third kappa shape index (κ3) is 5.37. The van der Waals surface area contributed by atoms with E-state index in [1.807, 2.05) is 84.9 Å². The van der Waals surface area contributed by atoms with Gasteiger partial charge in [0, 0.05) is 11.8 Å². The van der Waals surface area contributed by atoms with Crippen LogP contribution in [0.4, 0.5) is 0 Å². The van der Waals surface area contributed by atoms with Gasteiger partial charge in [0.2, 0.25) is 0 Å². The number of likely N-dealkylation sites (tertiary alicyclic amines) is 1. The topological polar surface area (TPSA) is 110 Å². The Hall–Kier alpha value is -4.49. The van der Waals surface area contributed by atoms with Gasteiger partial charge in [-0.1, -0.05) is 72.8 Å². The normalized spacial score (nSPS) is 22.1. The number of nitrogens with one attached hydrogen (secondary N) is 1. The average Bonchev–Trinajstić information content (AvgIpc) is 3.72. The van der Waals surface area contributed by atoms with Crippen LogP contribution in [0.5, 0.6) is 5.75 Å². The lowest BCUT2D eigenvalue weighted by Gasteiger charge is -2.37. The summed E-state index contributed by atoms with van der Waals surface area (Å²) >= 11 is 0. The highest BCUT2D eigenvalue weighted by atomic mass is 16.6. The van der Waals surface area contributed by atoms with Gasteiger partial charge in [-0.25, -0.2) is 4.79 Å². The third-order valence-corrected chi connectivity index (χ3v) is 8.83. The summed E-state index contributed by atoms with van der Waals surface area (Å²) < 4.78 is 20.6. The predicted molar refractivity (Wildman–Crippen MR) is 165 cm³/mol. The second kappa shape index (κ2) is 12.6. The van der Waals surface area contributed by atoms with Crippen molar-refractivity contribution in [3.8, 4) is 11.8 Å². The summed E-state index contributed by atoms with van der Waals surface area (Å²) in [6.45, 7) is 3.33. The number of methoxy groups -OCH3 is 1. The number of rotatable bonds is 9. The van der Waals surface area contributed by atoms with Crippen molar-refractivity contribution in [3.05, 3.63) is 134 Å². The largest absolute Gasteiger partial charge is 0.497 e. The number of hydrogen-bond donors (Lipinski definition) is 1. The Kier molecular flexibility index (Phi) is 8.49. The molecule has 0 radical (unpaired) electrons. The standard InChI is InChI=1S/C35H36N4O5/c1-24-22-39(34(41)37-32(24)40)33-31(38-19-9-10-20-38)29(21-36)30(44-33)23-43-35(25-11-5-3-6-12-25,26-13-7-4-8-14-26)27-15-17-28(42-2)18-16-27/h3-8,11-18,22,29-31,33H,9-10,19-20,23H2,1-2H3,(H,37,40,41)/t29-,30+,31+,33+/m0/s1. The molecule has 9 heteroatoms. The van der Waals surface area contributed by atoms with Crippen LogP contribution in [0.3, 0.4) is 0 Å². The minimum Gasteiger partial charge on any atom is -0.497 e. The van der Waals surface area contributed by atoms with Crippen LogP contribution in [0.2, 0.25) is 0 Å². The van der Waals surface area contributed by atoms with Crippen molar-refractivity contribution in [2.24, 2.45) is 5.92 Å². The molecule has 2 aliphatic rings. The van der Waals surface area contributed by atoms with Gasteiger partial charge in [0.15, 0.2) is 6.23 Å². The van der Waals surface area contributed by atoms with Crippen molar-refractivity contribution in [2.45, 2.75) is 43.7 Å². The quantitative estimate of drug-likeness (QED) is 0.288. The highest BCUT2D eigenvalue weighted by Crippen LogP contribution is 2.44. The predicted octanol–water partition coefficient (Wildman–Crippen LogP) is 4.36. The molecule has 226 valence electrons. The van der Waals surface area contributed by atoms with Gasteiger partial charge in [-0.05, 0) is 61.7 Å². The number of aromatic nitrogens is 2. The first kappa shape index (κ1) is 29.6. The summed E-state index contributed by atoms with van der Waals surface area (Å²) in [4.78, 5) is 29.9. The van der Waals surface area contributed by atoms with Crippen LogP contribution in [0.1, 0.15) is 41.3 Å². The Labute approximate surface area is 256 Å². The summed E-state index contributed by atoms with van der Waals surface area (Å²) in [5, 5.41) is 10.6. The molecule has 44 heavy (non-hydrogen) atoms. The Morgan fingerprint density at radius 3 is 2.09 bits per heavy atom. The first-order chi connectivity index (χ1) is 21.5. The maximum Gasteiger partial charge on any atom is 0.330 e. The smallest absolute Gasteiger partial charge is 0.330 e. The van der Waals surface area contributed by atoms with E-state index >= 15 is 0 Å². The van der Waals surface area contributed by atoms with Crippen LogP contribution in [0.15, 0.2) is 101 Å². The Morgan fingerprint density at radius 1 is 0.932 bits per heavy atom. The minimum atomic E-state index is -1.04. The highest BCUT2D eigenvalue weighted by Gasteiger charge is 2.51. The Morgan fingerprint density at radius 2 is 1.52 bits per heavy atom. The molecule has 0 amide bonds. The number of aryl methyl sites for hydroxylation is 1. The molecular weight excluding hydrogens is 556 g/mol. The second-order valence-electron chi connectivity index (χ2n) is 11.4. The molecule has 2 saturated heterocycles. The Bertz CT molecular complexity index is 1680. The lowest BCUT2D eigenvalue weighted by molar-refractivity contribution is -0.0857. The fraction of sp³-hybridized carbons (Fsp3) is 0.343. The molecule has 2 fully saturated rings. The summed E-state index contributed by atoms with van der Waals surface area (Å²) in [6, 6.07) is 29.9. The molecule has 9 nitrogen and oxygen atoms in total. The van der Waals surface area contributed by atoms with Crippen LogP contribution in [-0.4, -0.2) is 53.4 Å². The monoisotopic (exact) mass is 592 g/mol. The van der Waals surface area contributed by atoms with E-state index in [0.29, 0.717) is 5.56 Å². The molecule has 1 aromatic heterocycles. The van der Waals surface area contributed by atoms with Crippen molar-refractivity contribution in [3.63, 3.8) is 0 Å². The summed E-state index contributed by atoms with van der Waals surface area (Å²) in [5.41, 5.74) is 1.09. The van der Waals surface area contributed by atoms with Crippen molar-refractivity contribution in [1.29, 1.82) is 5.26 Å². The zero-order valence-corrected chi connectivity index (χ0v) is 24.9. The van der Waals surface area contributed by atoms with Crippen LogP contribution in [0, 0.1) is 24.2 Å². The average molecular weight is 593 g/mol. The minimum absolute atomic E-state index is 0.0754. The number of ether oxygens (including phenoxy) is 3. The third-order valence-electron chi connectivity index (χ3n) is 8.83. The van der Waals surface area contributed by atoms with Crippen molar-refractivity contribution in [2.75, 3.05) is 26.8 Å². The molecule has 0 unspecified atom stereocenters. The van der Waals surface area contributed by atoms with Gasteiger partial charge in [0.1, 0.15) is 17.5 Å². The van der Waals surface area contributed by atoms with Gasteiger partial charge in [-0.3, -0.25) is 19.2 Å². The number of aromatic amines is 1. The lowest BCUT2D eigenvalue weighted by Crippen LogP contribution is -2.45. The molecule has 6 rings (SSSR count). The van der Waals surface area contributed by atoms with E-state index in [4.69, 9.17) is 14.2 Å². The molecule has 0 spiro atoms. The van der Waals surface area contributed by atoms with E-state index in [9.17, 15) is 14.9 Å². The zero-order valence-electron chi connectivity index (χ0n) is 24.9. The molecule has 0 saturated carbocycles. The Balaban J connectivity index is 1.43. The van der Waals surface area contributed by atoms with E-state index in [1.54, 1.807) is 14.0 Å². The molecule has 3 heterocycles. The lowest BCUT2D eigenvalue weighted by atomic mass is 9.80.